The lowest BCUT2D eigenvalue weighted by Gasteiger charge is -2.36. The summed E-state index contributed by atoms with van der Waals surface area (Å²) in [5.74, 6) is 0. The molecule has 1 aromatic heterocycles. The van der Waals surface area contributed by atoms with Crippen LogP contribution in [0.2, 0.25) is 0 Å². The summed E-state index contributed by atoms with van der Waals surface area (Å²) >= 11 is 3.54. The van der Waals surface area contributed by atoms with Gasteiger partial charge in [0.1, 0.15) is 5.60 Å². The predicted octanol–water partition coefficient (Wildman–Crippen LogP) is 4.88. The number of pyridine rings is 1. The number of carbonyl (C=O) groups is 1. The lowest BCUT2D eigenvalue weighted by atomic mass is 10.0. The number of halogens is 1. The van der Waals surface area contributed by atoms with Crippen LogP contribution in [0.5, 0.6) is 0 Å². The zero-order valence-corrected chi connectivity index (χ0v) is 17.9. The molecule has 144 valence electrons. The zero-order valence-electron chi connectivity index (χ0n) is 16.3. The topological polar surface area (TPSA) is 45.7 Å². The second kappa shape index (κ2) is 7.89. The maximum atomic E-state index is 12.2. The first-order valence-electron chi connectivity index (χ1n) is 9.18. The van der Waals surface area contributed by atoms with E-state index < -0.39 is 5.60 Å². The van der Waals surface area contributed by atoms with Crippen LogP contribution < -0.4 is 4.90 Å². The number of ether oxygens (including phenoxy) is 1. The average Bonchev–Trinajstić information content (AvgIpc) is 2.63. The Balaban J connectivity index is 1.64. The maximum absolute atomic E-state index is 12.2. The van der Waals surface area contributed by atoms with Gasteiger partial charge in [-0.1, -0.05) is 12.1 Å². The van der Waals surface area contributed by atoms with Crippen LogP contribution in [-0.4, -0.2) is 47.8 Å². The van der Waals surface area contributed by atoms with E-state index in [1.807, 2.05) is 33.2 Å². The maximum Gasteiger partial charge on any atom is 0.410 e. The minimum absolute atomic E-state index is 0.227. The lowest BCUT2D eigenvalue weighted by Crippen LogP contribution is -2.50. The molecule has 0 unspecified atom stereocenters. The molecule has 0 aliphatic carbocycles. The van der Waals surface area contributed by atoms with E-state index in [1.54, 1.807) is 4.90 Å². The van der Waals surface area contributed by atoms with Crippen LogP contribution in [0.15, 0.2) is 41.1 Å². The molecule has 0 radical (unpaired) electrons. The summed E-state index contributed by atoms with van der Waals surface area (Å²) in [5, 5.41) is 0. The van der Waals surface area contributed by atoms with Gasteiger partial charge >= 0.3 is 6.09 Å². The van der Waals surface area contributed by atoms with Gasteiger partial charge in [0.25, 0.3) is 0 Å². The van der Waals surface area contributed by atoms with Crippen molar-refractivity contribution in [3.63, 3.8) is 0 Å². The van der Waals surface area contributed by atoms with Crippen molar-refractivity contribution in [3.8, 4) is 11.1 Å². The number of hydrogen-bond acceptors (Lipinski definition) is 4. The molecule has 1 amide bonds. The molecule has 0 saturated carbocycles. The Morgan fingerprint density at radius 3 is 2.30 bits per heavy atom. The third-order valence-corrected chi connectivity index (χ3v) is 5.43. The number of benzene rings is 1. The number of aromatic nitrogens is 1. The second-order valence-electron chi connectivity index (χ2n) is 7.80. The summed E-state index contributed by atoms with van der Waals surface area (Å²) in [4.78, 5) is 20.6. The summed E-state index contributed by atoms with van der Waals surface area (Å²) < 4.78 is 6.48. The number of rotatable bonds is 2. The van der Waals surface area contributed by atoms with Gasteiger partial charge in [-0.15, -0.1) is 0 Å². The van der Waals surface area contributed by atoms with Gasteiger partial charge in [0.2, 0.25) is 0 Å². The summed E-state index contributed by atoms with van der Waals surface area (Å²) in [7, 11) is 0. The summed E-state index contributed by atoms with van der Waals surface area (Å²) in [6, 6.07) is 8.54. The lowest BCUT2D eigenvalue weighted by molar-refractivity contribution is 0.0240. The molecule has 27 heavy (non-hydrogen) atoms. The number of carbonyl (C=O) groups excluding carboxylic acids is 1. The van der Waals surface area contributed by atoms with Crippen LogP contribution in [0, 0.1) is 6.92 Å². The Hall–Kier alpha value is -2.08. The van der Waals surface area contributed by atoms with Crippen molar-refractivity contribution in [1.82, 2.24) is 9.88 Å². The van der Waals surface area contributed by atoms with Crippen molar-refractivity contribution < 1.29 is 9.53 Å². The average molecular weight is 432 g/mol. The van der Waals surface area contributed by atoms with Crippen molar-refractivity contribution >= 4 is 27.7 Å². The van der Waals surface area contributed by atoms with Crippen LogP contribution in [-0.2, 0) is 4.74 Å². The standard InChI is InChI=1S/C21H26BrN3O2/c1-15-18(13-23-14-19(15)22)16-5-7-17(8-6-16)24-9-11-25(12-10-24)20(26)27-21(2,3)4/h5-8,13-14H,9-12H2,1-4H3. The fourth-order valence-electron chi connectivity index (χ4n) is 3.12. The van der Waals surface area contributed by atoms with E-state index in [-0.39, 0.29) is 6.09 Å². The summed E-state index contributed by atoms with van der Waals surface area (Å²) in [5.41, 5.74) is 4.18. The molecular formula is C21H26BrN3O2. The molecule has 5 nitrogen and oxygen atoms in total. The number of nitrogens with zero attached hydrogens (tertiary/aromatic N) is 3. The van der Waals surface area contributed by atoms with Gasteiger partial charge < -0.3 is 14.5 Å². The van der Waals surface area contributed by atoms with E-state index in [0.29, 0.717) is 13.1 Å². The van der Waals surface area contributed by atoms with E-state index in [1.165, 1.54) is 11.3 Å². The van der Waals surface area contributed by atoms with Gasteiger partial charge in [-0.3, -0.25) is 4.98 Å². The van der Waals surface area contributed by atoms with Gasteiger partial charge in [0, 0.05) is 54.3 Å². The molecule has 0 spiro atoms. The van der Waals surface area contributed by atoms with Crippen LogP contribution in [0.25, 0.3) is 11.1 Å². The minimum atomic E-state index is -0.455. The molecule has 2 aromatic rings. The van der Waals surface area contributed by atoms with E-state index >= 15 is 0 Å². The normalized spacial score (nSPS) is 15.0. The molecule has 3 rings (SSSR count). The largest absolute Gasteiger partial charge is 0.444 e. The molecule has 6 heteroatoms. The number of hydrogen-bond donors (Lipinski definition) is 0. The molecule has 1 aliphatic heterocycles. The Labute approximate surface area is 169 Å². The predicted molar refractivity (Wildman–Crippen MR) is 112 cm³/mol. The van der Waals surface area contributed by atoms with Crippen LogP contribution in [0.4, 0.5) is 10.5 Å². The van der Waals surface area contributed by atoms with Crippen LogP contribution >= 0.6 is 15.9 Å². The highest BCUT2D eigenvalue weighted by molar-refractivity contribution is 9.10. The van der Waals surface area contributed by atoms with E-state index in [2.05, 4.69) is 57.0 Å². The molecule has 0 bridgehead atoms. The molecule has 0 atom stereocenters. The van der Waals surface area contributed by atoms with E-state index in [4.69, 9.17) is 4.74 Å². The Morgan fingerprint density at radius 1 is 1.07 bits per heavy atom. The molecule has 1 fully saturated rings. The van der Waals surface area contributed by atoms with Crippen molar-refractivity contribution in [2.45, 2.75) is 33.3 Å². The molecule has 1 saturated heterocycles. The van der Waals surface area contributed by atoms with Crippen molar-refractivity contribution in [1.29, 1.82) is 0 Å². The number of amides is 1. The quantitative estimate of drug-likeness (QED) is 0.679. The second-order valence-corrected chi connectivity index (χ2v) is 8.65. The van der Waals surface area contributed by atoms with Crippen LogP contribution in [0.1, 0.15) is 26.3 Å². The molecule has 2 heterocycles. The van der Waals surface area contributed by atoms with Crippen molar-refractivity contribution in [2.75, 3.05) is 31.1 Å². The molecule has 0 N–H and O–H groups in total. The fraction of sp³-hybridized carbons (Fsp3) is 0.429. The van der Waals surface area contributed by atoms with Crippen LogP contribution in [0.3, 0.4) is 0 Å². The van der Waals surface area contributed by atoms with Gasteiger partial charge in [-0.25, -0.2) is 4.79 Å². The van der Waals surface area contributed by atoms with Gasteiger partial charge in [0.05, 0.1) is 0 Å². The monoisotopic (exact) mass is 431 g/mol. The van der Waals surface area contributed by atoms with Gasteiger partial charge in [-0.2, -0.15) is 0 Å². The Bertz CT molecular complexity index is 807. The summed E-state index contributed by atoms with van der Waals surface area (Å²) in [6.07, 6.45) is 3.49. The highest BCUT2D eigenvalue weighted by Crippen LogP contribution is 2.29. The molecular weight excluding hydrogens is 406 g/mol. The zero-order chi connectivity index (χ0) is 19.6. The van der Waals surface area contributed by atoms with Crippen molar-refractivity contribution in [3.05, 3.63) is 46.7 Å². The highest BCUT2D eigenvalue weighted by Gasteiger charge is 2.25. The molecule has 1 aromatic carbocycles. The SMILES string of the molecule is Cc1c(Br)cncc1-c1ccc(N2CCN(C(=O)OC(C)(C)C)CC2)cc1. The van der Waals surface area contributed by atoms with E-state index in [0.717, 1.165) is 28.7 Å². The van der Waals surface area contributed by atoms with Gasteiger partial charge in [-0.05, 0) is 66.9 Å². The fourth-order valence-corrected chi connectivity index (χ4v) is 3.45. The third-order valence-electron chi connectivity index (χ3n) is 4.63. The summed E-state index contributed by atoms with van der Waals surface area (Å²) in [6.45, 7) is 10.7. The van der Waals surface area contributed by atoms with Crippen molar-refractivity contribution in [2.24, 2.45) is 0 Å². The minimum Gasteiger partial charge on any atom is -0.444 e. The number of anilines is 1. The molecule has 1 aliphatic rings. The van der Waals surface area contributed by atoms with E-state index in [9.17, 15) is 4.79 Å². The first-order chi connectivity index (χ1) is 12.7. The highest BCUT2D eigenvalue weighted by atomic mass is 79.9. The smallest absolute Gasteiger partial charge is 0.410 e. The third kappa shape index (κ3) is 4.80. The Kier molecular flexibility index (Phi) is 5.75. The first-order valence-corrected chi connectivity index (χ1v) is 9.97. The van der Waals surface area contributed by atoms with Gasteiger partial charge in [0.15, 0.2) is 0 Å². The number of piperazine rings is 1. The Morgan fingerprint density at radius 2 is 1.70 bits per heavy atom. The first kappa shape index (κ1) is 19.7.